The first kappa shape index (κ1) is 25.5. The van der Waals surface area contributed by atoms with Crippen LogP contribution in [0, 0.1) is 18.3 Å². The van der Waals surface area contributed by atoms with Crippen LogP contribution in [0.5, 0.6) is 0 Å². The number of nitrogens with zero attached hydrogens (tertiary/aromatic N) is 3. The molecule has 2 aromatic rings. The largest absolute Gasteiger partial charge is 0.378 e. The number of fused-ring (bicyclic) bond motifs is 1. The number of carbonyl (C=O) groups excluding carboxylic acids is 2. The van der Waals surface area contributed by atoms with Gasteiger partial charge in [-0.3, -0.25) is 9.59 Å². The Labute approximate surface area is 202 Å². The van der Waals surface area contributed by atoms with Crippen LogP contribution < -0.4 is 5.32 Å². The Morgan fingerprint density at radius 2 is 1.82 bits per heavy atom. The minimum absolute atomic E-state index is 0.0415. The molecule has 7 heteroatoms. The number of amides is 2. The molecule has 1 fully saturated rings. The number of hydrogen-bond acceptors (Lipinski definition) is 4. The van der Waals surface area contributed by atoms with Crippen LogP contribution in [0.25, 0.3) is 17.0 Å². The third-order valence-electron chi connectivity index (χ3n) is 6.41. The number of hydrogen-bond donors (Lipinski definition) is 1. The van der Waals surface area contributed by atoms with Gasteiger partial charge < -0.3 is 19.5 Å². The smallest absolute Gasteiger partial charge is 0.261 e. The van der Waals surface area contributed by atoms with Crippen LogP contribution in [0.1, 0.15) is 56.7 Å². The molecule has 2 amide bonds. The molecular formula is C27H36N4O3. The zero-order chi connectivity index (χ0) is 24.3. The maximum atomic E-state index is 12.9. The van der Waals surface area contributed by atoms with Crippen molar-refractivity contribution in [3.05, 3.63) is 41.1 Å². The Morgan fingerprint density at radius 1 is 1.12 bits per heavy atom. The molecule has 1 aromatic heterocycles. The van der Waals surface area contributed by atoms with Gasteiger partial charge in [0, 0.05) is 41.8 Å². The monoisotopic (exact) mass is 464 g/mol. The molecule has 1 aliphatic heterocycles. The normalized spacial score (nSPS) is 14.3. The Morgan fingerprint density at radius 3 is 2.56 bits per heavy atom. The summed E-state index contributed by atoms with van der Waals surface area (Å²) >= 11 is 0. The molecule has 7 nitrogen and oxygen atoms in total. The lowest BCUT2D eigenvalue weighted by atomic mass is 10.1. The number of nitrogens with one attached hydrogen (secondary N) is 1. The van der Waals surface area contributed by atoms with Crippen molar-refractivity contribution in [3.8, 4) is 6.07 Å². The van der Waals surface area contributed by atoms with E-state index in [1.165, 1.54) is 25.7 Å². The van der Waals surface area contributed by atoms with Crippen LogP contribution >= 0.6 is 0 Å². The summed E-state index contributed by atoms with van der Waals surface area (Å²) < 4.78 is 7.33. The first-order valence-corrected chi connectivity index (χ1v) is 12.4. The molecular weight excluding hydrogens is 428 g/mol. The molecule has 34 heavy (non-hydrogen) atoms. The molecule has 0 saturated carbocycles. The number of benzene rings is 1. The minimum Gasteiger partial charge on any atom is -0.378 e. The van der Waals surface area contributed by atoms with Gasteiger partial charge in [-0.2, -0.15) is 5.26 Å². The van der Waals surface area contributed by atoms with E-state index in [2.05, 4.69) is 18.3 Å². The highest BCUT2D eigenvalue weighted by Crippen LogP contribution is 2.28. The van der Waals surface area contributed by atoms with Crippen LogP contribution in [0.4, 0.5) is 0 Å². The molecule has 0 spiro atoms. The van der Waals surface area contributed by atoms with E-state index in [-0.39, 0.29) is 23.9 Å². The van der Waals surface area contributed by atoms with Crippen LogP contribution in [0.2, 0.25) is 0 Å². The van der Waals surface area contributed by atoms with Gasteiger partial charge >= 0.3 is 0 Å². The minimum atomic E-state index is -0.350. The highest BCUT2D eigenvalue weighted by molar-refractivity contribution is 6.04. The number of rotatable bonds is 11. The molecule has 182 valence electrons. The summed E-state index contributed by atoms with van der Waals surface area (Å²) in [6, 6.07) is 9.86. The van der Waals surface area contributed by atoms with Crippen molar-refractivity contribution in [3.63, 3.8) is 0 Å². The second-order valence-electron chi connectivity index (χ2n) is 8.79. The van der Waals surface area contributed by atoms with E-state index in [1.807, 2.05) is 40.7 Å². The van der Waals surface area contributed by atoms with Crippen LogP contribution in [-0.2, 0) is 20.9 Å². The summed E-state index contributed by atoms with van der Waals surface area (Å²) in [7, 11) is 0. The van der Waals surface area contributed by atoms with E-state index in [1.54, 1.807) is 6.08 Å². The molecule has 0 radical (unpaired) electrons. The lowest BCUT2D eigenvalue weighted by molar-refractivity contribution is -0.135. The van der Waals surface area contributed by atoms with E-state index < -0.39 is 0 Å². The summed E-state index contributed by atoms with van der Waals surface area (Å²) in [4.78, 5) is 27.4. The van der Waals surface area contributed by atoms with Gasteiger partial charge in [-0.15, -0.1) is 0 Å². The van der Waals surface area contributed by atoms with E-state index in [9.17, 15) is 14.9 Å². The quantitative estimate of drug-likeness (QED) is 0.307. The third kappa shape index (κ3) is 6.48. The number of aromatic nitrogens is 1. The highest BCUT2D eigenvalue weighted by atomic mass is 16.5. The summed E-state index contributed by atoms with van der Waals surface area (Å²) in [6.45, 7) is 7.22. The number of nitriles is 1. The van der Waals surface area contributed by atoms with Crippen molar-refractivity contribution in [1.29, 1.82) is 5.26 Å². The van der Waals surface area contributed by atoms with E-state index >= 15 is 0 Å². The third-order valence-corrected chi connectivity index (χ3v) is 6.41. The Bertz CT molecular complexity index is 1060. The molecule has 0 bridgehead atoms. The van der Waals surface area contributed by atoms with Gasteiger partial charge in [-0.1, -0.05) is 57.2 Å². The molecule has 3 rings (SSSR count). The van der Waals surface area contributed by atoms with Gasteiger partial charge in [0.2, 0.25) is 5.91 Å². The van der Waals surface area contributed by atoms with Crippen molar-refractivity contribution < 1.29 is 14.3 Å². The van der Waals surface area contributed by atoms with Crippen molar-refractivity contribution in [2.75, 3.05) is 32.8 Å². The van der Waals surface area contributed by atoms with Crippen LogP contribution in [0.15, 0.2) is 29.8 Å². The van der Waals surface area contributed by atoms with E-state index in [4.69, 9.17) is 4.74 Å². The number of ether oxygens (including phenoxy) is 1. The molecule has 0 unspecified atom stereocenters. The predicted octanol–water partition coefficient (Wildman–Crippen LogP) is 4.19. The van der Waals surface area contributed by atoms with Crippen molar-refractivity contribution in [2.24, 2.45) is 0 Å². The average Bonchev–Trinajstić information content (AvgIpc) is 3.12. The van der Waals surface area contributed by atoms with Crippen LogP contribution in [-0.4, -0.2) is 54.1 Å². The van der Waals surface area contributed by atoms with Gasteiger partial charge in [0.25, 0.3) is 5.91 Å². The Kier molecular flexibility index (Phi) is 9.72. The molecule has 1 N–H and O–H groups in total. The highest BCUT2D eigenvalue weighted by Gasteiger charge is 2.21. The zero-order valence-corrected chi connectivity index (χ0v) is 20.4. The fraction of sp³-hybridized carbons (Fsp3) is 0.519. The first-order valence-electron chi connectivity index (χ1n) is 12.4. The molecule has 2 heterocycles. The summed E-state index contributed by atoms with van der Waals surface area (Å²) in [5, 5.41) is 13.5. The molecule has 1 saturated heterocycles. The van der Waals surface area contributed by atoms with Crippen molar-refractivity contribution >= 4 is 28.8 Å². The number of morpholine rings is 1. The van der Waals surface area contributed by atoms with Gasteiger partial charge in [0.15, 0.2) is 0 Å². The van der Waals surface area contributed by atoms with Gasteiger partial charge in [-0.05, 0) is 25.5 Å². The number of carbonyl (C=O) groups is 2. The number of unbranched alkanes of at least 4 members (excludes halogenated alkanes) is 5. The van der Waals surface area contributed by atoms with Crippen LogP contribution in [0.3, 0.4) is 0 Å². The van der Waals surface area contributed by atoms with Crippen molar-refractivity contribution in [1.82, 2.24) is 14.8 Å². The Hall–Kier alpha value is -3.11. The molecule has 0 aliphatic carbocycles. The average molecular weight is 465 g/mol. The molecule has 1 aliphatic rings. The van der Waals surface area contributed by atoms with Gasteiger partial charge in [0.1, 0.15) is 18.2 Å². The summed E-state index contributed by atoms with van der Waals surface area (Å²) in [5.74, 6) is -0.309. The van der Waals surface area contributed by atoms with Gasteiger partial charge in [-0.25, -0.2) is 0 Å². The second kappa shape index (κ2) is 13.0. The van der Waals surface area contributed by atoms with E-state index in [0.29, 0.717) is 32.8 Å². The fourth-order valence-corrected chi connectivity index (χ4v) is 4.39. The first-order chi connectivity index (χ1) is 16.6. The predicted molar refractivity (Wildman–Crippen MR) is 134 cm³/mol. The number of para-hydroxylation sites is 1. The zero-order valence-electron chi connectivity index (χ0n) is 20.4. The maximum Gasteiger partial charge on any atom is 0.261 e. The lowest BCUT2D eigenvalue weighted by Crippen LogP contribution is -2.42. The molecule has 0 atom stereocenters. The SMILES string of the molecule is CCCCCCCCNC(=O)/C(C#N)=C/c1c(C)n(CC(=O)N2CCOCC2)c2ccccc12. The fourth-order valence-electron chi connectivity index (χ4n) is 4.39. The van der Waals surface area contributed by atoms with Gasteiger partial charge in [0.05, 0.1) is 13.2 Å². The maximum absolute atomic E-state index is 12.9. The summed E-state index contributed by atoms with van der Waals surface area (Å²) in [6.07, 6.45) is 8.51. The lowest BCUT2D eigenvalue weighted by Gasteiger charge is -2.27. The standard InChI is InChI=1S/C27H36N4O3/c1-3-4-5-6-7-10-13-29-27(33)22(19-28)18-24-21(2)31(25-12-9-8-11-23(24)25)20-26(32)30-14-16-34-17-15-30/h8-9,11-12,18H,3-7,10,13-17,20H2,1-2H3,(H,29,33)/b22-18+. The second-order valence-corrected chi connectivity index (χ2v) is 8.79. The Balaban J connectivity index is 1.74. The van der Waals surface area contributed by atoms with Crippen molar-refractivity contribution in [2.45, 2.75) is 58.9 Å². The molecule has 1 aromatic carbocycles. The van der Waals surface area contributed by atoms with E-state index in [0.717, 1.165) is 35.0 Å². The topological polar surface area (TPSA) is 87.4 Å². The summed E-state index contributed by atoms with van der Waals surface area (Å²) in [5.41, 5.74) is 2.66.